The lowest BCUT2D eigenvalue weighted by Crippen LogP contribution is -2.21. The van der Waals surface area contributed by atoms with Crippen molar-refractivity contribution in [1.29, 1.82) is 0 Å². The van der Waals surface area contributed by atoms with E-state index in [1.54, 1.807) is 30.3 Å². The Morgan fingerprint density at radius 3 is 2.33 bits per heavy atom. The Balaban J connectivity index is 2.13. The molecule has 0 unspecified atom stereocenters. The second-order valence-electron chi connectivity index (χ2n) is 4.38. The van der Waals surface area contributed by atoms with E-state index in [0.717, 1.165) is 12.1 Å². The van der Waals surface area contributed by atoms with Gasteiger partial charge in [-0.1, -0.05) is 36.4 Å². The molecule has 0 radical (unpaired) electrons. The van der Waals surface area contributed by atoms with Crippen molar-refractivity contribution in [3.05, 3.63) is 65.7 Å². The van der Waals surface area contributed by atoms with Gasteiger partial charge in [-0.25, -0.2) is 0 Å². The molecule has 110 valence electrons. The molecule has 1 amide bonds. The summed E-state index contributed by atoms with van der Waals surface area (Å²) >= 11 is 0. The highest BCUT2D eigenvalue weighted by Crippen LogP contribution is 2.30. The zero-order valence-electron chi connectivity index (χ0n) is 10.8. The number of aliphatic hydroxyl groups is 1. The highest BCUT2D eigenvalue weighted by molar-refractivity contribution is 5.94. The lowest BCUT2D eigenvalue weighted by atomic mass is 10.1. The van der Waals surface area contributed by atoms with Gasteiger partial charge in [0.05, 0.1) is 5.56 Å². The van der Waals surface area contributed by atoms with Crippen LogP contribution in [0, 0.1) is 0 Å². The normalized spacial score (nSPS) is 12.8. The molecular formula is C15H12F3NO2. The van der Waals surface area contributed by atoms with Crippen LogP contribution in [-0.4, -0.2) is 11.0 Å². The summed E-state index contributed by atoms with van der Waals surface area (Å²) in [6.07, 6.45) is -5.93. The third-order valence-corrected chi connectivity index (χ3v) is 2.82. The van der Waals surface area contributed by atoms with Crippen LogP contribution in [0.5, 0.6) is 0 Å². The van der Waals surface area contributed by atoms with E-state index in [-0.39, 0.29) is 5.69 Å². The molecule has 21 heavy (non-hydrogen) atoms. The second kappa shape index (κ2) is 5.97. The molecule has 2 rings (SSSR count). The zero-order valence-corrected chi connectivity index (χ0v) is 10.8. The molecule has 0 aliphatic rings. The first kappa shape index (κ1) is 15.1. The summed E-state index contributed by atoms with van der Waals surface area (Å²) in [7, 11) is 0. The molecular weight excluding hydrogens is 283 g/mol. The lowest BCUT2D eigenvalue weighted by Gasteiger charge is -2.13. The summed E-state index contributed by atoms with van der Waals surface area (Å²) in [5.74, 6) is -0.791. The van der Waals surface area contributed by atoms with Gasteiger partial charge in [0, 0.05) is 5.69 Å². The summed E-state index contributed by atoms with van der Waals surface area (Å²) in [6.45, 7) is 0. The van der Waals surface area contributed by atoms with E-state index in [1.807, 2.05) is 0 Å². The van der Waals surface area contributed by atoms with Crippen molar-refractivity contribution in [3.63, 3.8) is 0 Å². The lowest BCUT2D eigenvalue weighted by molar-refractivity contribution is -0.137. The quantitative estimate of drug-likeness (QED) is 0.912. The van der Waals surface area contributed by atoms with Gasteiger partial charge in [-0.15, -0.1) is 0 Å². The maximum Gasteiger partial charge on any atom is 0.416 e. The van der Waals surface area contributed by atoms with E-state index in [2.05, 4.69) is 5.32 Å². The predicted molar refractivity (Wildman–Crippen MR) is 71.5 cm³/mol. The van der Waals surface area contributed by atoms with Crippen molar-refractivity contribution >= 4 is 11.6 Å². The number of halogens is 3. The first-order valence-corrected chi connectivity index (χ1v) is 6.09. The van der Waals surface area contributed by atoms with E-state index in [1.165, 1.54) is 12.1 Å². The van der Waals surface area contributed by atoms with Crippen LogP contribution in [0.2, 0.25) is 0 Å². The number of carbonyl (C=O) groups is 1. The van der Waals surface area contributed by atoms with Crippen LogP contribution in [0.1, 0.15) is 17.2 Å². The summed E-state index contributed by atoms with van der Waals surface area (Å²) in [5.41, 5.74) is -0.527. The first-order chi connectivity index (χ1) is 9.88. The number of aliphatic hydroxyl groups excluding tert-OH is 1. The minimum atomic E-state index is -4.49. The van der Waals surface area contributed by atoms with E-state index in [4.69, 9.17) is 0 Å². The molecule has 1 atom stereocenters. The molecule has 0 aliphatic heterocycles. The van der Waals surface area contributed by atoms with Gasteiger partial charge in [-0.2, -0.15) is 13.2 Å². The molecule has 0 fully saturated rings. The second-order valence-corrected chi connectivity index (χ2v) is 4.38. The maximum absolute atomic E-state index is 12.6. The summed E-state index contributed by atoms with van der Waals surface area (Å²) in [6, 6.07) is 12.4. The molecule has 6 heteroatoms. The summed E-state index contributed by atoms with van der Waals surface area (Å²) < 4.78 is 37.7. The van der Waals surface area contributed by atoms with Crippen molar-refractivity contribution in [1.82, 2.24) is 0 Å². The number of nitrogens with one attached hydrogen (secondary N) is 1. The van der Waals surface area contributed by atoms with E-state index < -0.39 is 23.8 Å². The van der Waals surface area contributed by atoms with Crippen LogP contribution in [0.3, 0.4) is 0 Å². The zero-order chi connectivity index (χ0) is 15.5. The van der Waals surface area contributed by atoms with Gasteiger partial charge in [0.25, 0.3) is 5.91 Å². The van der Waals surface area contributed by atoms with Gasteiger partial charge in [0.1, 0.15) is 0 Å². The van der Waals surface area contributed by atoms with Crippen molar-refractivity contribution in [2.75, 3.05) is 5.32 Å². The number of anilines is 1. The van der Waals surface area contributed by atoms with Gasteiger partial charge in [-0.05, 0) is 23.8 Å². The molecule has 0 saturated carbocycles. The first-order valence-electron chi connectivity index (χ1n) is 6.09. The summed E-state index contributed by atoms with van der Waals surface area (Å²) in [5, 5.41) is 12.1. The molecule has 0 aromatic heterocycles. The molecule has 2 N–H and O–H groups in total. The van der Waals surface area contributed by atoms with E-state index >= 15 is 0 Å². The maximum atomic E-state index is 12.6. The third-order valence-electron chi connectivity index (χ3n) is 2.82. The monoisotopic (exact) mass is 295 g/mol. The SMILES string of the molecule is O=C(Nc1cccc(C(F)(F)F)c1)[C@H](O)c1ccccc1. The van der Waals surface area contributed by atoms with Crippen molar-refractivity contribution in [3.8, 4) is 0 Å². The number of benzene rings is 2. The van der Waals surface area contributed by atoms with Crippen LogP contribution in [0.4, 0.5) is 18.9 Å². The van der Waals surface area contributed by atoms with Crippen molar-refractivity contribution in [2.24, 2.45) is 0 Å². The minimum absolute atomic E-state index is 0.0233. The number of alkyl halides is 3. The van der Waals surface area contributed by atoms with Crippen LogP contribution >= 0.6 is 0 Å². The molecule has 0 spiro atoms. The van der Waals surface area contributed by atoms with Gasteiger partial charge >= 0.3 is 6.18 Å². The molecule has 2 aromatic rings. The highest BCUT2D eigenvalue weighted by Gasteiger charge is 2.30. The Morgan fingerprint density at radius 2 is 1.71 bits per heavy atom. The van der Waals surface area contributed by atoms with E-state index in [9.17, 15) is 23.1 Å². The Bertz CT molecular complexity index is 626. The fraction of sp³-hybridized carbons (Fsp3) is 0.133. The number of hydrogen-bond donors (Lipinski definition) is 2. The number of rotatable bonds is 3. The smallest absolute Gasteiger partial charge is 0.378 e. The average Bonchev–Trinajstić information content (AvgIpc) is 2.47. The topological polar surface area (TPSA) is 49.3 Å². The third kappa shape index (κ3) is 3.82. The van der Waals surface area contributed by atoms with Crippen LogP contribution in [-0.2, 0) is 11.0 Å². The highest BCUT2D eigenvalue weighted by atomic mass is 19.4. The Labute approximate surface area is 119 Å². The van der Waals surface area contributed by atoms with Crippen molar-refractivity contribution in [2.45, 2.75) is 12.3 Å². The fourth-order valence-electron chi connectivity index (χ4n) is 1.77. The molecule has 0 aliphatic carbocycles. The number of amides is 1. The fourth-order valence-corrected chi connectivity index (χ4v) is 1.77. The molecule has 0 bridgehead atoms. The molecule has 3 nitrogen and oxygen atoms in total. The number of hydrogen-bond acceptors (Lipinski definition) is 2. The standard InChI is InChI=1S/C15H12F3NO2/c16-15(17,18)11-7-4-8-12(9-11)19-14(21)13(20)10-5-2-1-3-6-10/h1-9,13,20H,(H,19,21)/t13-/m1/s1. The molecule has 2 aromatic carbocycles. The van der Waals surface area contributed by atoms with Gasteiger partial charge in [0.2, 0.25) is 0 Å². The van der Waals surface area contributed by atoms with Crippen LogP contribution < -0.4 is 5.32 Å². The Hall–Kier alpha value is -2.34. The molecule has 0 saturated heterocycles. The largest absolute Gasteiger partial charge is 0.416 e. The van der Waals surface area contributed by atoms with Gasteiger partial charge in [0.15, 0.2) is 6.10 Å². The average molecular weight is 295 g/mol. The number of carbonyl (C=O) groups excluding carboxylic acids is 1. The Morgan fingerprint density at radius 1 is 1.05 bits per heavy atom. The Kier molecular flexibility index (Phi) is 4.28. The van der Waals surface area contributed by atoms with Gasteiger partial charge < -0.3 is 10.4 Å². The summed E-state index contributed by atoms with van der Waals surface area (Å²) in [4.78, 5) is 11.8. The molecule has 0 heterocycles. The van der Waals surface area contributed by atoms with Gasteiger partial charge in [-0.3, -0.25) is 4.79 Å². The van der Waals surface area contributed by atoms with Crippen LogP contribution in [0.15, 0.2) is 54.6 Å². The predicted octanol–water partition coefficient (Wildman–Crippen LogP) is 3.38. The van der Waals surface area contributed by atoms with E-state index in [0.29, 0.717) is 5.56 Å². The minimum Gasteiger partial charge on any atom is -0.378 e. The van der Waals surface area contributed by atoms with Crippen molar-refractivity contribution < 1.29 is 23.1 Å². The van der Waals surface area contributed by atoms with Crippen LogP contribution in [0.25, 0.3) is 0 Å².